The average Bonchev–Trinajstić information content (AvgIpc) is 2.57. The Labute approximate surface area is 146 Å². The van der Waals surface area contributed by atoms with E-state index in [1.54, 1.807) is 18.3 Å². The molecule has 0 saturated carbocycles. The van der Waals surface area contributed by atoms with Gasteiger partial charge in [0, 0.05) is 30.4 Å². The zero-order chi connectivity index (χ0) is 18.6. The van der Waals surface area contributed by atoms with E-state index in [9.17, 15) is 14.9 Å². The third-order valence-corrected chi connectivity index (χ3v) is 4.06. The molecule has 0 radical (unpaired) electrons. The molecular formula is C18H23N3O4. The first-order valence-corrected chi connectivity index (χ1v) is 8.26. The van der Waals surface area contributed by atoms with Gasteiger partial charge in [0.15, 0.2) is 0 Å². The van der Waals surface area contributed by atoms with Crippen LogP contribution in [0.5, 0.6) is 5.75 Å². The fourth-order valence-electron chi connectivity index (χ4n) is 2.30. The first kappa shape index (κ1) is 18.6. The molecule has 7 nitrogen and oxygen atoms in total. The molecule has 0 saturated heterocycles. The summed E-state index contributed by atoms with van der Waals surface area (Å²) in [4.78, 5) is 27.2. The number of anilines is 1. The van der Waals surface area contributed by atoms with Gasteiger partial charge >= 0.3 is 5.91 Å². The predicted octanol–water partition coefficient (Wildman–Crippen LogP) is 3.72. The minimum atomic E-state index is -1.72. The van der Waals surface area contributed by atoms with E-state index in [1.807, 2.05) is 13.0 Å². The molecule has 2 rings (SSSR count). The molecule has 1 aromatic heterocycles. The molecule has 0 atom stereocenters. The lowest BCUT2D eigenvalue weighted by molar-refractivity contribution is -0.542. The summed E-state index contributed by atoms with van der Waals surface area (Å²) in [5, 5.41) is 14.5. The molecular weight excluding hydrogens is 322 g/mol. The lowest BCUT2D eigenvalue weighted by Gasteiger charge is -2.19. The number of nitro groups is 1. The van der Waals surface area contributed by atoms with Crippen molar-refractivity contribution < 1.29 is 14.5 Å². The van der Waals surface area contributed by atoms with E-state index >= 15 is 0 Å². The van der Waals surface area contributed by atoms with Crippen molar-refractivity contribution in [2.24, 2.45) is 0 Å². The summed E-state index contributed by atoms with van der Waals surface area (Å²) in [5.74, 6) is -0.0292. The van der Waals surface area contributed by atoms with Gasteiger partial charge in [0.05, 0.1) is 12.3 Å². The number of pyridine rings is 1. The molecule has 1 aromatic carbocycles. The first-order valence-electron chi connectivity index (χ1n) is 8.26. The number of hydrogen-bond donors (Lipinski definition) is 1. The zero-order valence-corrected chi connectivity index (χ0v) is 15.0. The van der Waals surface area contributed by atoms with Crippen molar-refractivity contribution in [3.05, 3.63) is 40.1 Å². The Morgan fingerprint density at radius 3 is 2.80 bits per heavy atom. The van der Waals surface area contributed by atoms with Crippen LogP contribution in [0.3, 0.4) is 0 Å². The van der Waals surface area contributed by atoms with Crippen LogP contribution in [0.2, 0.25) is 0 Å². The van der Waals surface area contributed by atoms with E-state index < -0.39 is 16.4 Å². The molecule has 0 unspecified atom stereocenters. The van der Waals surface area contributed by atoms with Gasteiger partial charge in [0.2, 0.25) is 0 Å². The second-order valence-corrected chi connectivity index (χ2v) is 6.44. The molecule has 0 aliphatic heterocycles. The molecule has 134 valence electrons. The number of aryl methyl sites for hydroxylation is 1. The van der Waals surface area contributed by atoms with E-state index in [1.165, 1.54) is 13.8 Å². The standard InChI is InChI=1S/C18H23N3O4/c1-5-6-10-25-14-11-12(2)15(13-8-7-9-19-16(13)14)20-17(22)18(3,4)21(23)24/h7-9,11H,5-6,10H2,1-4H3,(H,20,22). The van der Waals surface area contributed by atoms with Gasteiger partial charge in [-0.25, -0.2) is 0 Å². The number of amides is 1. The minimum absolute atomic E-state index is 0.519. The number of nitrogens with zero attached hydrogens (tertiary/aromatic N) is 2. The van der Waals surface area contributed by atoms with Crippen molar-refractivity contribution >= 4 is 22.5 Å². The molecule has 1 heterocycles. The summed E-state index contributed by atoms with van der Waals surface area (Å²) >= 11 is 0. The van der Waals surface area contributed by atoms with Gasteiger partial charge in [0.25, 0.3) is 5.54 Å². The summed E-state index contributed by atoms with van der Waals surface area (Å²) in [6.07, 6.45) is 3.61. The number of hydrogen-bond acceptors (Lipinski definition) is 5. The highest BCUT2D eigenvalue weighted by Gasteiger charge is 2.40. The Morgan fingerprint density at radius 1 is 1.44 bits per heavy atom. The highest BCUT2D eigenvalue weighted by atomic mass is 16.6. The van der Waals surface area contributed by atoms with Gasteiger partial charge in [-0.1, -0.05) is 13.3 Å². The van der Waals surface area contributed by atoms with Crippen LogP contribution >= 0.6 is 0 Å². The van der Waals surface area contributed by atoms with Gasteiger partial charge < -0.3 is 10.1 Å². The Hall–Kier alpha value is -2.70. The van der Waals surface area contributed by atoms with E-state index in [0.717, 1.165) is 18.4 Å². The third-order valence-electron chi connectivity index (χ3n) is 4.06. The lowest BCUT2D eigenvalue weighted by Crippen LogP contribution is -2.44. The number of aromatic nitrogens is 1. The van der Waals surface area contributed by atoms with Crippen molar-refractivity contribution in [2.75, 3.05) is 11.9 Å². The van der Waals surface area contributed by atoms with Crippen molar-refractivity contribution in [1.82, 2.24) is 4.98 Å². The summed E-state index contributed by atoms with van der Waals surface area (Å²) in [7, 11) is 0. The molecule has 0 spiro atoms. The summed E-state index contributed by atoms with van der Waals surface area (Å²) < 4.78 is 5.82. The van der Waals surface area contributed by atoms with Crippen LogP contribution in [0.15, 0.2) is 24.4 Å². The molecule has 1 N–H and O–H groups in total. The maximum Gasteiger partial charge on any atom is 0.301 e. The molecule has 1 amide bonds. The van der Waals surface area contributed by atoms with Gasteiger partial charge in [-0.15, -0.1) is 0 Å². The molecule has 25 heavy (non-hydrogen) atoms. The van der Waals surface area contributed by atoms with Crippen LogP contribution in [0, 0.1) is 17.0 Å². The van der Waals surface area contributed by atoms with Crippen molar-refractivity contribution in [3.8, 4) is 5.75 Å². The quantitative estimate of drug-likeness (QED) is 0.469. The molecule has 0 aliphatic carbocycles. The number of rotatable bonds is 7. The average molecular weight is 345 g/mol. The van der Waals surface area contributed by atoms with E-state index in [-0.39, 0.29) is 0 Å². The zero-order valence-electron chi connectivity index (χ0n) is 15.0. The van der Waals surface area contributed by atoms with Crippen LogP contribution in [-0.4, -0.2) is 28.0 Å². The molecule has 0 fully saturated rings. The Kier molecular flexibility index (Phi) is 5.56. The fraction of sp³-hybridized carbons (Fsp3) is 0.444. The van der Waals surface area contributed by atoms with Crippen LogP contribution in [0.1, 0.15) is 39.2 Å². The maximum absolute atomic E-state index is 12.4. The molecule has 0 aliphatic rings. The van der Waals surface area contributed by atoms with Crippen molar-refractivity contribution in [3.63, 3.8) is 0 Å². The number of carbonyl (C=O) groups excluding carboxylic acids is 1. The first-order chi connectivity index (χ1) is 11.8. The lowest BCUT2D eigenvalue weighted by atomic mass is 10.0. The minimum Gasteiger partial charge on any atom is -0.491 e. The van der Waals surface area contributed by atoms with Crippen molar-refractivity contribution in [1.29, 1.82) is 0 Å². The summed E-state index contributed by atoms with van der Waals surface area (Å²) in [6.45, 7) is 7.05. The Balaban J connectivity index is 2.45. The number of unbranched alkanes of at least 4 members (excludes halogenated alkanes) is 1. The Bertz CT molecular complexity index is 802. The van der Waals surface area contributed by atoms with Crippen molar-refractivity contribution in [2.45, 2.75) is 46.1 Å². The third kappa shape index (κ3) is 3.87. The molecule has 7 heteroatoms. The monoisotopic (exact) mass is 345 g/mol. The normalized spacial score (nSPS) is 11.4. The van der Waals surface area contributed by atoms with Crippen LogP contribution < -0.4 is 10.1 Å². The second-order valence-electron chi connectivity index (χ2n) is 6.44. The van der Waals surface area contributed by atoms with Gasteiger partial charge in [-0.2, -0.15) is 0 Å². The highest BCUT2D eigenvalue weighted by molar-refractivity contribution is 6.06. The second kappa shape index (κ2) is 7.46. The van der Waals surface area contributed by atoms with Gasteiger partial charge in [-0.05, 0) is 37.1 Å². The molecule has 2 aromatic rings. The molecule has 0 bridgehead atoms. The Morgan fingerprint density at radius 2 is 2.16 bits per heavy atom. The summed E-state index contributed by atoms with van der Waals surface area (Å²) in [6, 6.07) is 5.38. The summed E-state index contributed by atoms with van der Waals surface area (Å²) in [5.41, 5.74) is 0.181. The maximum atomic E-state index is 12.4. The topological polar surface area (TPSA) is 94.4 Å². The van der Waals surface area contributed by atoms with Gasteiger partial charge in [-0.3, -0.25) is 19.9 Å². The van der Waals surface area contributed by atoms with Gasteiger partial charge in [0.1, 0.15) is 11.3 Å². The number of fused-ring (bicyclic) bond motifs is 1. The number of nitrogens with one attached hydrogen (secondary N) is 1. The SMILES string of the molecule is CCCCOc1cc(C)c(NC(=O)C(C)(C)[N+](=O)[O-])c2cccnc12. The number of ether oxygens (including phenoxy) is 1. The van der Waals surface area contributed by atoms with E-state index in [0.29, 0.717) is 28.9 Å². The number of benzene rings is 1. The van der Waals surface area contributed by atoms with Crippen LogP contribution in [0.25, 0.3) is 10.9 Å². The highest BCUT2D eigenvalue weighted by Crippen LogP contribution is 2.34. The van der Waals surface area contributed by atoms with E-state index in [4.69, 9.17) is 4.74 Å². The van der Waals surface area contributed by atoms with Crippen LogP contribution in [0.4, 0.5) is 5.69 Å². The number of carbonyl (C=O) groups is 1. The largest absolute Gasteiger partial charge is 0.491 e. The van der Waals surface area contributed by atoms with Crippen LogP contribution in [-0.2, 0) is 4.79 Å². The smallest absolute Gasteiger partial charge is 0.301 e. The van der Waals surface area contributed by atoms with E-state index in [2.05, 4.69) is 17.2 Å². The predicted molar refractivity (Wildman–Crippen MR) is 96.6 cm³/mol. The fourth-order valence-corrected chi connectivity index (χ4v) is 2.30.